The third-order valence-corrected chi connectivity index (χ3v) is 3.53. The molecule has 2 heteroatoms. The van der Waals surface area contributed by atoms with E-state index in [1.807, 2.05) is 7.05 Å². The van der Waals surface area contributed by atoms with Crippen molar-refractivity contribution in [1.29, 1.82) is 0 Å². The lowest BCUT2D eigenvalue weighted by Crippen LogP contribution is -2.02. The zero-order valence-corrected chi connectivity index (χ0v) is 11.8. The molecule has 2 rings (SSSR count). The van der Waals surface area contributed by atoms with Crippen LogP contribution < -0.4 is 5.32 Å². The molecule has 0 spiro atoms. The number of hydrogen-bond acceptors (Lipinski definition) is 2. The van der Waals surface area contributed by atoms with Crippen molar-refractivity contribution < 1.29 is 0 Å². The van der Waals surface area contributed by atoms with Gasteiger partial charge in [-0.15, -0.1) is 0 Å². The summed E-state index contributed by atoms with van der Waals surface area (Å²) in [7, 11) is 2.00. The highest BCUT2D eigenvalue weighted by atomic mass is 14.8. The van der Waals surface area contributed by atoms with Crippen LogP contribution in [0.5, 0.6) is 0 Å². The summed E-state index contributed by atoms with van der Waals surface area (Å²) in [5.41, 5.74) is 6.25. The smallest absolute Gasteiger partial charge is 0.0758 e. The van der Waals surface area contributed by atoms with Gasteiger partial charge in [-0.1, -0.05) is 38.5 Å². The standard InChI is InChI=1S/C16H22N2/c1-5-8-12-9-7-10-14-15(12)18-11(3)13(6-2)16(14)17-4/h7,9-10H,5-6,8H2,1-4H3,(H,17,18). The van der Waals surface area contributed by atoms with Crippen molar-refractivity contribution in [2.24, 2.45) is 0 Å². The topological polar surface area (TPSA) is 24.9 Å². The van der Waals surface area contributed by atoms with Gasteiger partial charge in [0.15, 0.2) is 0 Å². The van der Waals surface area contributed by atoms with Gasteiger partial charge in [0.05, 0.1) is 5.52 Å². The summed E-state index contributed by atoms with van der Waals surface area (Å²) in [6.07, 6.45) is 3.27. The molecule has 0 bridgehead atoms. The van der Waals surface area contributed by atoms with E-state index in [1.165, 1.54) is 27.7 Å². The van der Waals surface area contributed by atoms with Crippen molar-refractivity contribution in [1.82, 2.24) is 4.98 Å². The first-order chi connectivity index (χ1) is 8.72. The molecule has 0 unspecified atom stereocenters. The Bertz CT molecular complexity index is 559. The Morgan fingerprint density at radius 1 is 1.22 bits per heavy atom. The van der Waals surface area contributed by atoms with Crippen LogP contribution >= 0.6 is 0 Å². The van der Waals surface area contributed by atoms with Crippen LogP contribution in [0.1, 0.15) is 37.1 Å². The van der Waals surface area contributed by atoms with Crippen molar-refractivity contribution in [3.8, 4) is 0 Å². The van der Waals surface area contributed by atoms with Crippen LogP contribution in [-0.4, -0.2) is 12.0 Å². The Hall–Kier alpha value is -1.57. The van der Waals surface area contributed by atoms with Crippen LogP contribution in [0, 0.1) is 6.92 Å². The molecular formula is C16H22N2. The third-order valence-electron chi connectivity index (χ3n) is 3.53. The van der Waals surface area contributed by atoms with E-state index in [2.05, 4.69) is 44.3 Å². The zero-order chi connectivity index (χ0) is 13.1. The number of hydrogen-bond donors (Lipinski definition) is 1. The van der Waals surface area contributed by atoms with Crippen LogP contribution in [0.4, 0.5) is 5.69 Å². The Morgan fingerprint density at radius 3 is 2.61 bits per heavy atom. The van der Waals surface area contributed by atoms with Crippen LogP contribution in [-0.2, 0) is 12.8 Å². The number of pyridine rings is 1. The first-order valence-electron chi connectivity index (χ1n) is 6.81. The fourth-order valence-corrected chi connectivity index (χ4v) is 2.69. The predicted octanol–water partition coefficient (Wildman–Crippen LogP) is 4.10. The number of benzene rings is 1. The highest BCUT2D eigenvalue weighted by Crippen LogP contribution is 2.30. The van der Waals surface area contributed by atoms with Crippen molar-refractivity contribution in [2.45, 2.75) is 40.0 Å². The molecule has 1 aromatic carbocycles. The quantitative estimate of drug-likeness (QED) is 0.873. The van der Waals surface area contributed by atoms with E-state index >= 15 is 0 Å². The largest absolute Gasteiger partial charge is 0.387 e. The monoisotopic (exact) mass is 242 g/mol. The second-order valence-corrected chi connectivity index (χ2v) is 4.72. The van der Waals surface area contributed by atoms with Crippen molar-refractivity contribution >= 4 is 16.6 Å². The molecule has 2 nitrogen and oxygen atoms in total. The summed E-state index contributed by atoms with van der Waals surface area (Å²) < 4.78 is 0. The maximum atomic E-state index is 4.83. The van der Waals surface area contributed by atoms with E-state index in [4.69, 9.17) is 4.98 Å². The van der Waals surface area contributed by atoms with Gasteiger partial charge in [0.2, 0.25) is 0 Å². The minimum atomic E-state index is 1.02. The lowest BCUT2D eigenvalue weighted by atomic mass is 10.00. The van der Waals surface area contributed by atoms with Crippen molar-refractivity contribution in [2.75, 3.05) is 12.4 Å². The fourth-order valence-electron chi connectivity index (χ4n) is 2.69. The van der Waals surface area contributed by atoms with Gasteiger partial charge in [0, 0.05) is 23.8 Å². The number of aryl methyl sites for hydroxylation is 2. The first-order valence-corrected chi connectivity index (χ1v) is 6.81. The highest BCUT2D eigenvalue weighted by Gasteiger charge is 2.12. The summed E-state index contributed by atoms with van der Waals surface area (Å²) in [4.78, 5) is 4.83. The van der Waals surface area contributed by atoms with Gasteiger partial charge in [0.1, 0.15) is 0 Å². The van der Waals surface area contributed by atoms with Crippen LogP contribution in [0.2, 0.25) is 0 Å². The van der Waals surface area contributed by atoms with E-state index in [9.17, 15) is 0 Å². The van der Waals surface area contributed by atoms with Gasteiger partial charge in [-0.25, -0.2) is 0 Å². The Kier molecular flexibility index (Phi) is 3.85. The second kappa shape index (κ2) is 5.38. The minimum Gasteiger partial charge on any atom is -0.387 e. The molecule has 0 atom stereocenters. The highest BCUT2D eigenvalue weighted by molar-refractivity contribution is 5.95. The summed E-state index contributed by atoms with van der Waals surface area (Å²) in [5, 5.41) is 4.62. The lowest BCUT2D eigenvalue weighted by molar-refractivity contribution is 0.924. The first kappa shape index (κ1) is 12.9. The normalized spacial score (nSPS) is 10.9. The third kappa shape index (κ3) is 2.07. The molecular weight excluding hydrogens is 220 g/mol. The molecule has 1 aromatic heterocycles. The summed E-state index contributed by atoms with van der Waals surface area (Å²) in [5.74, 6) is 0. The average molecular weight is 242 g/mol. The number of nitrogens with one attached hydrogen (secondary N) is 1. The molecule has 96 valence electrons. The van der Waals surface area contributed by atoms with Crippen LogP contribution in [0.15, 0.2) is 18.2 Å². The second-order valence-electron chi connectivity index (χ2n) is 4.72. The molecule has 0 saturated heterocycles. The van der Waals surface area contributed by atoms with E-state index in [-0.39, 0.29) is 0 Å². The molecule has 0 saturated carbocycles. The Labute approximate surface area is 109 Å². The summed E-state index contributed by atoms with van der Waals surface area (Å²) in [6.45, 7) is 6.51. The lowest BCUT2D eigenvalue weighted by Gasteiger charge is -2.15. The van der Waals surface area contributed by atoms with E-state index in [1.54, 1.807) is 0 Å². The summed E-state index contributed by atoms with van der Waals surface area (Å²) >= 11 is 0. The zero-order valence-electron chi connectivity index (χ0n) is 11.8. The van der Waals surface area contributed by atoms with Gasteiger partial charge in [-0.3, -0.25) is 4.98 Å². The minimum absolute atomic E-state index is 1.02. The number of para-hydroxylation sites is 1. The van der Waals surface area contributed by atoms with E-state index < -0.39 is 0 Å². The number of fused-ring (bicyclic) bond motifs is 1. The van der Waals surface area contributed by atoms with Crippen molar-refractivity contribution in [3.05, 3.63) is 35.0 Å². The van der Waals surface area contributed by atoms with Crippen LogP contribution in [0.25, 0.3) is 10.9 Å². The molecule has 0 aliphatic carbocycles. The molecule has 0 radical (unpaired) electrons. The van der Waals surface area contributed by atoms with Crippen molar-refractivity contribution in [3.63, 3.8) is 0 Å². The maximum Gasteiger partial charge on any atom is 0.0758 e. The molecule has 0 fully saturated rings. The fraction of sp³-hybridized carbons (Fsp3) is 0.438. The van der Waals surface area contributed by atoms with E-state index in [0.717, 1.165) is 25.0 Å². The molecule has 1 N–H and O–H groups in total. The molecule has 0 aliphatic rings. The van der Waals surface area contributed by atoms with Crippen LogP contribution in [0.3, 0.4) is 0 Å². The number of rotatable bonds is 4. The number of anilines is 1. The number of aromatic nitrogens is 1. The molecule has 1 heterocycles. The Morgan fingerprint density at radius 2 is 2.00 bits per heavy atom. The Balaban J connectivity index is 2.78. The van der Waals surface area contributed by atoms with E-state index in [0.29, 0.717) is 0 Å². The summed E-state index contributed by atoms with van der Waals surface area (Å²) in [6, 6.07) is 6.51. The van der Waals surface area contributed by atoms with Gasteiger partial charge < -0.3 is 5.32 Å². The molecule has 18 heavy (non-hydrogen) atoms. The number of nitrogens with zero attached hydrogens (tertiary/aromatic N) is 1. The van der Waals surface area contributed by atoms with Gasteiger partial charge in [-0.2, -0.15) is 0 Å². The average Bonchev–Trinajstić information content (AvgIpc) is 2.38. The van der Waals surface area contributed by atoms with Gasteiger partial charge in [0.25, 0.3) is 0 Å². The predicted molar refractivity (Wildman–Crippen MR) is 79.4 cm³/mol. The maximum absolute atomic E-state index is 4.83. The van der Waals surface area contributed by atoms with Gasteiger partial charge in [-0.05, 0) is 30.9 Å². The molecule has 0 aliphatic heterocycles. The molecule has 0 amide bonds. The van der Waals surface area contributed by atoms with Gasteiger partial charge >= 0.3 is 0 Å². The molecule has 2 aromatic rings. The SMILES string of the molecule is CCCc1cccc2c(NC)c(CC)c(C)nc12.